The third-order valence-corrected chi connectivity index (χ3v) is 3.56. The van der Waals surface area contributed by atoms with Gasteiger partial charge in [-0.15, -0.1) is 0 Å². The maximum atomic E-state index is 12.3. The van der Waals surface area contributed by atoms with E-state index in [2.05, 4.69) is 10.6 Å². The van der Waals surface area contributed by atoms with Crippen LogP contribution in [-0.4, -0.2) is 75.9 Å². The molecule has 0 spiro atoms. The summed E-state index contributed by atoms with van der Waals surface area (Å²) in [6.07, 6.45) is -2.66. The van der Waals surface area contributed by atoms with Crippen LogP contribution in [0.2, 0.25) is 0 Å². The number of rotatable bonds is 10. The number of aliphatic hydroxyl groups is 2. The molecule has 0 aromatic carbocycles. The molecular weight excluding hydrogens is 348 g/mol. The van der Waals surface area contributed by atoms with Gasteiger partial charge < -0.3 is 37.0 Å². The second-order valence-electron chi connectivity index (χ2n) is 6.34. The highest BCUT2D eigenvalue weighted by atomic mass is 16.4. The monoisotopic (exact) mass is 376 g/mol. The number of carbonyl (C=O) groups is 4. The highest BCUT2D eigenvalue weighted by Crippen LogP contribution is 2.02. The molecule has 11 heteroatoms. The number of carboxylic acids is 1. The average molecular weight is 376 g/mol. The van der Waals surface area contributed by atoms with Gasteiger partial charge in [0.15, 0.2) is 0 Å². The number of hydrogen-bond acceptors (Lipinski definition) is 7. The van der Waals surface area contributed by atoms with Crippen molar-refractivity contribution in [2.75, 3.05) is 6.54 Å². The van der Waals surface area contributed by atoms with Gasteiger partial charge in [-0.1, -0.05) is 13.8 Å². The van der Waals surface area contributed by atoms with Gasteiger partial charge in [0, 0.05) is 0 Å². The van der Waals surface area contributed by atoms with Crippen LogP contribution in [0, 0.1) is 5.92 Å². The molecule has 3 amide bonds. The van der Waals surface area contributed by atoms with E-state index >= 15 is 0 Å². The minimum atomic E-state index is -1.47. The van der Waals surface area contributed by atoms with Crippen LogP contribution in [0.3, 0.4) is 0 Å². The van der Waals surface area contributed by atoms with E-state index in [0.717, 1.165) is 0 Å². The molecule has 0 aliphatic heterocycles. The van der Waals surface area contributed by atoms with E-state index in [1.807, 2.05) is 5.32 Å². The van der Waals surface area contributed by atoms with Crippen LogP contribution in [0.5, 0.6) is 0 Å². The zero-order chi connectivity index (χ0) is 20.6. The Morgan fingerprint density at radius 2 is 1.27 bits per heavy atom. The van der Waals surface area contributed by atoms with Crippen molar-refractivity contribution in [1.82, 2.24) is 16.0 Å². The second kappa shape index (κ2) is 10.7. The lowest BCUT2D eigenvalue weighted by Crippen LogP contribution is -2.61. The molecule has 0 fully saturated rings. The van der Waals surface area contributed by atoms with Crippen molar-refractivity contribution in [3.05, 3.63) is 0 Å². The van der Waals surface area contributed by atoms with E-state index in [9.17, 15) is 29.4 Å². The first-order valence-corrected chi connectivity index (χ1v) is 8.10. The first-order valence-electron chi connectivity index (χ1n) is 8.10. The first kappa shape index (κ1) is 23.8. The van der Waals surface area contributed by atoms with Crippen molar-refractivity contribution in [3.8, 4) is 0 Å². The summed E-state index contributed by atoms with van der Waals surface area (Å²) in [6.45, 7) is 5.19. The standard InChI is InChI=1S/C15H28N4O7/c1-6(2)10(16)13(24)18-12(8(4)21)15(26)19-11(7(3)20)14(25)17-5-9(22)23/h6-8,10-12,20-21H,5,16H2,1-4H3,(H,17,25)(H,18,24)(H,19,26)(H,22,23). The van der Waals surface area contributed by atoms with Crippen LogP contribution in [0.4, 0.5) is 0 Å². The molecule has 5 atom stereocenters. The van der Waals surface area contributed by atoms with Crippen LogP contribution >= 0.6 is 0 Å². The van der Waals surface area contributed by atoms with E-state index in [0.29, 0.717) is 0 Å². The molecule has 150 valence electrons. The number of aliphatic hydroxyl groups excluding tert-OH is 2. The van der Waals surface area contributed by atoms with Gasteiger partial charge in [-0.25, -0.2) is 0 Å². The van der Waals surface area contributed by atoms with Gasteiger partial charge in [0.25, 0.3) is 0 Å². The van der Waals surface area contributed by atoms with Crippen molar-refractivity contribution < 1.29 is 34.5 Å². The lowest BCUT2D eigenvalue weighted by atomic mass is 10.0. The van der Waals surface area contributed by atoms with E-state index in [1.165, 1.54) is 13.8 Å². The molecule has 0 aromatic heterocycles. The van der Waals surface area contributed by atoms with Gasteiger partial charge in [-0.2, -0.15) is 0 Å². The molecule has 0 radical (unpaired) electrons. The Labute approximate surface area is 151 Å². The highest BCUT2D eigenvalue weighted by molar-refractivity contribution is 5.94. The minimum Gasteiger partial charge on any atom is -0.480 e. The number of carbonyl (C=O) groups excluding carboxylic acids is 3. The molecule has 0 rings (SSSR count). The Hall–Kier alpha value is -2.24. The molecule has 11 nitrogen and oxygen atoms in total. The van der Waals surface area contributed by atoms with E-state index < -0.39 is 60.6 Å². The van der Waals surface area contributed by atoms with Gasteiger partial charge in [-0.05, 0) is 19.8 Å². The molecule has 0 bridgehead atoms. The molecule has 26 heavy (non-hydrogen) atoms. The van der Waals surface area contributed by atoms with Crippen LogP contribution in [0.15, 0.2) is 0 Å². The lowest BCUT2D eigenvalue weighted by Gasteiger charge is -2.27. The van der Waals surface area contributed by atoms with Gasteiger partial charge >= 0.3 is 5.97 Å². The summed E-state index contributed by atoms with van der Waals surface area (Å²) in [5.74, 6) is -4.03. The molecular formula is C15H28N4O7. The fourth-order valence-electron chi connectivity index (χ4n) is 1.88. The van der Waals surface area contributed by atoms with Crippen molar-refractivity contribution in [1.29, 1.82) is 0 Å². The Bertz CT molecular complexity index is 522. The molecule has 0 aliphatic rings. The fraction of sp³-hybridized carbons (Fsp3) is 0.733. The minimum absolute atomic E-state index is 0.209. The predicted molar refractivity (Wildman–Crippen MR) is 90.7 cm³/mol. The zero-order valence-corrected chi connectivity index (χ0v) is 15.2. The van der Waals surface area contributed by atoms with Gasteiger partial charge in [0.1, 0.15) is 18.6 Å². The summed E-state index contributed by atoms with van der Waals surface area (Å²) in [6, 6.07) is -3.80. The second-order valence-corrected chi connectivity index (χ2v) is 6.34. The summed E-state index contributed by atoms with van der Waals surface area (Å²) in [4.78, 5) is 46.8. The fourth-order valence-corrected chi connectivity index (χ4v) is 1.88. The van der Waals surface area contributed by atoms with Crippen molar-refractivity contribution in [3.63, 3.8) is 0 Å². The Morgan fingerprint density at radius 3 is 1.65 bits per heavy atom. The van der Waals surface area contributed by atoms with E-state index in [-0.39, 0.29) is 5.92 Å². The lowest BCUT2D eigenvalue weighted by molar-refractivity contribution is -0.139. The number of carboxylic acid groups (broad SMARTS) is 1. The van der Waals surface area contributed by atoms with Crippen LogP contribution in [0.1, 0.15) is 27.7 Å². The van der Waals surface area contributed by atoms with Crippen LogP contribution in [0.25, 0.3) is 0 Å². The molecule has 0 heterocycles. The molecule has 5 unspecified atom stereocenters. The Morgan fingerprint density at radius 1 is 0.846 bits per heavy atom. The molecule has 0 aromatic rings. The predicted octanol–water partition coefficient (Wildman–Crippen LogP) is -3.10. The number of aliphatic carboxylic acids is 1. The summed E-state index contributed by atoms with van der Waals surface area (Å²) < 4.78 is 0. The number of hydrogen-bond donors (Lipinski definition) is 7. The van der Waals surface area contributed by atoms with Crippen LogP contribution < -0.4 is 21.7 Å². The van der Waals surface area contributed by atoms with Gasteiger partial charge in [0.2, 0.25) is 17.7 Å². The molecule has 8 N–H and O–H groups in total. The quantitative estimate of drug-likeness (QED) is 0.208. The Kier molecular flexibility index (Phi) is 9.76. The maximum Gasteiger partial charge on any atom is 0.322 e. The number of amides is 3. The molecule has 0 aliphatic carbocycles. The summed E-state index contributed by atoms with van der Waals surface area (Å²) >= 11 is 0. The summed E-state index contributed by atoms with van der Waals surface area (Å²) in [5.41, 5.74) is 5.69. The average Bonchev–Trinajstić information content (AvgIpc) is 2.53. The van der Waals surface area contributed by atoms with Crippen molar-refractivity contribution in [2.45, 2.75) is 58.0 Å². The first-order chi connectivity index (χ1) is 11.9. The highest BCUT2D eigenvalue weighted by Gasteiger charge is 2.33. The normalized spacial score (nSPS) is 16.8. The smallest absolute Gasteiger partial charge is 0.322 e. The van der Waals surface area contributed by atoms with Gasteiger partial charge in [-0.3, -0.25) is 19.2 Å². The third-order valence-electron chi connectivity index (χ3n) is 3.56. The summed E-state index contributed by atoms with van der Waals surface area (Å²) in [5, 5.41) is 34.5. The zero-order valence-electron chi connectivity index (χ0n) is 15.2. The molecule has 0 saturated carbocycles. The maximum absolute atomic E-state index is 12.3. The van der Waals surface area contributed by atoms with Crippen LogP contribution in [-0.2, 0) is 19.2 Å². The van der Waals surface area contributed by atoms with E-state index in [1.54, 1.807) is 13.8 Å². The SMILES string of the molecule is CC(C)C(N)C(=O)NC(C(=O)NC(C(=O)NCC(=O)O)C(C)O)C(C)O. The topological polar surface area (TPSA) is 191 Å². The number of nitrogens with one attached hydrogen (secondary N) is 3. The van der Waals surface area contributed by atoms with E-state index in [4.69, 9.17) is 10.8 Å². The van der Waals surface area contributed by atoms with Gasteiger partial charge in [0.05, 0.1) is 18.2 Å². The number of nitrogens with two attached hydrogens (primary N) is 1. The Balaban J connectivity index is 5.12. The molecule has 0 saturated heterocycles. The third kappa shape index (κ3) is 7.76. The van der Waals surface area contributed by atoms with Crippen molar-refractivity contribution >= 4 is 23.7 Å². The summed E-state index contributed by atoms with van der Waals surface area (Å²) in [7, 11) is 0. The largest absolute Gasteiger partial charge is 0.480 e. The van der Waals surface area contributed by atoms with Crippen molar-refractivity contribution in [2.24, 2.45) is 11.7 Å².